The monoisotopic (exact) mass is 411 g/mol. The van der Waals surface area contributed by atoms with Crippen LogP contribution >= 0.6 is 23.4 Å². The lowest BCUT2D eigenvalue weighted by Crippen LogP contribution is -2.22. The van der Waals surface area contributed by atoms with E-state index in [0.29, 0.717) is 15.9 Å². The number of fused-ring (bicyclic) bond motifs is 1. The van der Waals surface area contributed by atoms with E-state index in [1.165, 1.54) is 36.0 Å². The van der Waals surface area contributed by atoms with Crippen LogP contribution < -0.4 is 10.1 Å². The molecular weight excluding hydrogens is 396 g/mol. The predicted molar refractivity (Wildman–Crippen MR) is 103 cm³/mol. The quantitative estimate of drug-likeness (QED) is 0.583. The lowest BCUT2D eigenvalue weighted by molar-refractivity contribution is -0.115. The molecule has 3 rings (SSSR count). The second kappa shape index (κ2) is 8.14. The van der Waals surface area contributed by atoms with E-state index >= 15 is 0 Å². The molecule has 142 valence electrons. The Morgan fingerprint density at radius 1 is 1.26 bits per heavy atom. The average Bonchev–Trinajstić information content (AvgIpc) is 2.91. The van der Waals surface area contributed by atoms with Gasteiger partial charge in [-0.25, -0.2) is 4.98 Å². The molecule has 0 spiro atoms. The fourth-order valence-corrected chi connectivity index (χ4v) is 3.49. The van der Waals surface area contributed by atoms with Gasteiger partial charge in [0, 0.05) is 17.8 Å². The molecule has 0 aliphatic carbocycles. The summed E-state index contributed by atoms with van der Waals surface area (Å²) in [5, 5.41) is 3.61. The van der Waals surface area contributed by atoms with Gasteiger partial charge in [0.25, 0.3) is 0 Å². The highest BCUT2D eigenvalue weighted by Gasteiger charge is 2.19. The minimum atomic E-state index is -2.88. The lowest BCUT2D eigenvalue weighted by Gasteiger charge is -2.12. The maximum Gasteiger partial charge on any atom is 0.387 e. The zero-order valence-corrected chi connectivity index (χ0v) is 16.0. The molecule has 3 aromatic rings. The van der Waals surface area contributed by atoms with Crippen molar-refractivity contribution >= 4 is 46.0 Å². The highest BCUT2D eigenvalue weighted by atomic mass is 35.5. The van der Waals surface area contributed by atoms with E-state index in [4.69, 9.17) is 11.6 Å². The van der Waals surface area contributed by atoms with Crippen LogP contribution in [0.2, 0.25) is 5.02 Å². The molecule has 0 aliphatic heterocycles. The van der Waals surface area contributed by atoms with Gasteiger partial charge in [0.1, 0.15) is 5.75 Å². The number of benzene rings is 2. The SMILES string of the molecule is CC(Sc1nc2cc(Cl)ccc2n1C)C(=O)Nc1ccc(OC(F)F)cc1. The summed E-state index contributed by atoms with van der Waals surface area (Å²) >= 11 is 7.31. The number of imidazole rings is 1. The predicted octanol–water partition coefficient (Wildman–Crippen LogP) is 4.95. The van der Waals surface area contributed by atoms with Gasteiger partial charge in [0.05, 0.1) is 16.3 Å². The maximum absolute atomic E-state index is 12.4. The van der Waals surface area contributed by atoms with E-state index in [-0.39, 0.29) is 11.7 Å². The van der Waals surface area contributed by atoms with Gasteiger partial charge in [-0.2, -0.15) is 8.78 Å². The fourth-order valence-electron chi connectivity index (χ4n) is 2.43. The molecule has 9 heteroatoms. The number of thioether (sulfide) groups is 1. The number of aromatic nitrogens is 2. The van der Waals surface area contributed by atoms with Gasteiger partial charge in [-0.3, -0.25) is 4.79 Å². The fraction of sp³-hybridized carbons (Fsp3) is 0.222. The molecule has 0 fully saturated rings. The van der Waals surface area contributed by atoms with Gasteiger partial charge in [0.2, 0.25) is 5.91 Å². The van der Waals surface area contributed by atoms with E-state index in [0.717, 1.165) is 11.0 Å². The Bertz CT molecular complexity index is 963. The Hall–Kier alpha value is -2.32. The summed E-state index contributed by atoms with van der Waals surface area (Å²) in [5.41, 5.74) is 2.17. The second-order valence-electron chi connectivity index (χ2n) is 5.74. The van der Waals surface area contributed by atoms with E-state index in [2.05, 4.69) is 15.0 Å². The van der Waals surface area contributed by atoms with Gasteiger partial charge < -0.3 is 14.6 Å². The molecule has 0 radical (unpaired) electrons. The van der Waals surface area contributed by atoms with Crippen molar-refractivity contribution in [3.63, 3.8) is 0 Å². The highest BCUT2D eigenvalue weighted by Crippen LogP contribution is 2.28. The average molecular weight is 412 g/mol. The standard InChI is InChI=1S/C18H16ClF2N3O2S/c1-10(16(25)22-12-4-6-13(7-5-12)26-17(20)21)27-18-23-14-9-11(19)3-8-15(14)24(18)2/h3-10,17H,1-2H3,(H,22,25). The normalized spacial score (nSPS) is 12.4. The molecule has 2 aromatic carbocycles. The Labute approximate surface area is 163 Å². The summed E-state index contributed by atoms with van der Waals surface area (Å²) in [6.07, 6.45) is 0. The van der Waals surface area contributed by atoms with Crippen molar-refractivity contribution in [1.29, 1.82) is 0 Å². The molecule has 1 atom stereocenters. The number of aryl methyl sites for hydroxylation is 1. The number of rotatable bonds is 6. The zero-order valence-electron chi connectivity index (χ0n) is 14.4. The summed E-state index contributed by atoms with van der Waals surface area (Å²) in [7, 11) is 1.87. The first kappa shape index (κ1) is 19.4. The van der Waals surface area contributed by atoms with Crippen LogP contribution in [0.15, 0.2) is 47.6 Å². The summed E-state index contributed by atoms with van der Waals surface area (Å²) in [4.78, 5) is 16.9. The molecule has 0 aliphatic rings. The van der Waals surface area contributed by atoms with Gasteiger partial charge >= 0.3 is 6.61 Å². The van der Waals surface area contributed by atoms with Crippen LogP contribution in [0, 0.1) is 0 Å². The number of hydrogen-bond acceptors (Lipinski definition) is 4. The van der Waals surface area contributed by atoms with Crippen LogP contribution in [0.3, 0.4) is 0 Å². The molecule has 0 bridgehead atoms. The molecule has 1 aromatic heterocycles. The van der Waals surface area contributed by atoms with Crippen molar-refractivity contribution in [2.24, 2.45) is 7.05 Å². The number of hydrogen-bond donors (Lipinski definition) is 1. The number of anilines is 1. The number of nitrogens with one attached hydrogen (secondary N) is 1. The number of halogens is 3. The van der Waals surface area contributed by atoms with Crippen molar-refractivity contribution in [3.05, 3.63) is 47.5 Å². The number of alkyl halides is 2. The van der Waals surface area contributed by atoms with Crippen LogP contribution in [0.4, 0.5) is 14.5 Å². The molecular formula is C18H16ClF2N3O2S. The molecule has 1 heterocycles. The third-order valence-electron chi connectivity index (χ3n) is 3.80. The molecule has 27 heavy (non-hydrogen) atoms. The molecule has 1 N–H and O–H groups in total. The van der Waals surface area contributed by atoms with Crippen LogP contribution in [-0.2, 0) is 11.8 Å². The van der Waals surface area contributed by atoms with E-state index in [1.54, 1.807) is 19.1 Å². The number of amides is 1. The van der Waals surface area contributed by atoms with Crippen molar-refractivity contribution in [1.82, 2.24) is 9.55 Å². The van der Waals surface area contributed by atoms with Gasteiger partial charge in [-0.05, 0) is 49.4 Å². The van der Waals surface area contributed by atoms with Crippen molar-refractivity contribution in [3.8, 4) is 5.75 Å². The Kier molecular flexibility index (Phi) is 5.86. The van der Waals surface area contributed by atoms with Crippen molar-refractivity contribution in [2.45, 2.75) is 23.9 Å². The minimum absolute atomic E-state index is 0.0313. The Morgan fingerprint density at radius 2 is 1.96 bits per heavy atom. The zero-order chi connectivity index (χ0) is 19.6. The van der Waals surface area contributed by atoms with Crippen LogP contribution in [-0.4, -0.2) is 27.3 Å². The minimum Gasteiger partial charge on any atom is -0.435 e. The maximum atomic E-state index is 12.4. The van der Waals surface area contributed by atoms with Crippen molar-refractivity contribution in [2.75, 3.05) is 5.32 Å². The first-order valence-electron chi connectivity index (χ1n) is 7.98. The van der Waals surface area contributed by atoms with Crippen LogP contribution in [0.25, 0.3) is 11.0 Å². The smallest absolute Gasteiger partial charge is 0.387 e. The summed E-state index contributed by atoms with van der Waals surface area (Å²) in [5.74, 6) is -0.198. The molecule has 0 saturated carbocycles. The summed E-state index contributed by atoms with van der Waals surface area (Å²) < 4.78 is 30.5. The van der Waals surface area contributed by atoms with Crippen LogP contribution in [0.1, 0.15) is 6.92 Å². The number of nitrogens with zero attached hydrogens (tertiary/aromatic N) is 2. The van der Waals surface area contributed by atoms with Crippen molar-refractivity contribution < 1.29 is 18.3 Å². The van der Waals surface area contributed by atoms with E-state index in [1.807, 2.05) is 17.7 Å². The highest BCUT2D eigenvalue weighted by molar-refractivity contribution is 8.00. The number of ether oxygens (including phenoxy) is 1. The summed E-state index contributed by atoms with van der Waals surface area (Å²) in [6.45, 7) is -1.12. The van der Waals surface area contributed by atoms with Gasteiger partial charge in [-0.1, -0.05) is 23.4 Å². The molecule has 5 nitrogen and oxygen atoms in total. The molecule has 1 unspecified atom stereocenters. The van der Waals surface area contributed by atoms with E-state index < -0.39 is 11.9 Å². The first-order chi connectivity index (χ1) is 12.8. The second-order valence-corrected chi connectivity index (χ2v) is 7.48. The molecule has 0 saturated heterocycles. The third kappa shape index (κ3) is 4.70. The lowest BCUT2D eigenvalue weighted by atomic mass is 10.3. The Morgan fingerprint density at radius 3 is 2.63 bits per heavy atom. The van der Waals surface area contributed by atoms with Gasteiger partial charge in [-0.15, -0.1) is 0 Å². The van der Waals surface area contributed by atoms with Gasteiger partial charge in [0.15, 0.2) is 5.16 Å². The first-order valence-corrected chi connectivity index (χ1v) is 9.23. The topological polar surface area (TPSA) is 56.2 Å². The number of carbonyl (C=O) groups excluding carboxylic acids is 1. The third-order valence-corrected chi connectivity index (χ3v) is 5.18. The Balaban J connectivity index is 1.66. The van der Waals surface area contributed by atoms with E-state index in [9.17, 15) is 13.6 Å². The molecule has 1 amide bonds. The summed E-state index contributed by atoms with van der Waals surface area (Å²) in [6, 6.07) is 11.2. The number of carbonyl (C=O) groups is 1. The largest absolute Gasteiger partial charge is 0.435 e. The van der Waals surface area contributed by atoms with Crippen LogP contribution in [0.5, 0.6) is 5.75 Å².